The Morgan fingerprint density at radius 2 is 1.91 bits per heavy atom. The Morgan fingerprint density at radius 3 is 2.50 bits per heavy atom. The summed E-state index contributed by atoms with van der Waals surface area (Å²) in [6.07, 6.45) is 2.23. The molecule has 0 aliphatic carbocycles. The Morgan fingerprint density at radius 1 is 1.23 bits per heavy atom. The molecule has 3 rings (SSSR count). The molecule has 1 atom stereocenters. The van der Waals surface area contributed by atoms with Crippen molar-refractivity contribution in [2.45, 2.75) is 25.8 Å². The molecule has 2 aliphatic rings. The highest BCUT2D eigenvalue weighted by atomic mass is 32.1. The van der Waals surface area contributed by atoms with E-state index in [2.05, 4.69) is 28.8 Å². The summed E-state index contributed by atoms with van der Waals surface area (Å²) in [7, 11) is 2.20. The molecule has 0 aromatic carbocycles. The number of carbonyl (C=O) groups is 1. The lowest BCUT2D eigenvalue weighted by atomic mass is 9.89. The summed E-state index contributed by atoms with van der Waals surface area (Å²) in [5.74, 6) is 0.815. The second-order valence-corrected chi connectivity index (χ2v) is 7.30. The molecule has 1 unspecified atom stereocenters. The molecule has 0 saturated carbocycles. The van der Waals surface area contributed by atoms with Gasteiger partial charge in [0.1, 0.15) is 5.69 Å². The van der Waals surface area contributed by atoms with E-state index in [0.717, 1.165) is 25.9 Å². The lowest BCUT2D eigenvalue weighted by molar-refractivity contribution is 0.0497. The summed E-state index contributed by atoms with van der Waals surface area (Å²) >= 11 is 1.49. The molecule has 0 spiro atoms. The quantitative estimate of drug-likeness (QED) is 0.848. The predicted octanol–water partition coefficient (Wildman–Crippen LogP) is 1.63. The summed E-state index contributed by atoms with van der Waals surface area (Å²) in [6.45, 7) is 8.81. The fraction of sp³-hybridized carbons (Fsp3) is 0.750. The van der Waals surface area contributed by atoms with Crippen LogP contribution in [0, 0.1) is 5.92 Å². The molecule has 6 heteroatoms. The first kappa shape index (κ1) is 15.9. The maximum Gasteiger partial charge on any atom is 0.273 e. The van der Waals surface area contributed by atoms with Gasteiger partial charge in [0.2, 0.25) is 0 Å². The first-order valence-corrected chi connectivity index (χ1v) is 9.19. The number of thiazole rings is 1. The van der Waals surface area contributed by atoms with Gasteiger partial charge in [-0.1, -0.05) is 0 Å². The molecule has 1 amide bonds. The lowest BCUT2D eigenvalue weighted by Gasteiger charge is -2.42. The van der Waals surface area contributed by atoms with E-state index in [-0.39, 0.29) is 5.91 Å². The van der Waals surface area contributed by atoms with Crippen LogP contribution in [0.3, 0.4) is 0 Å². The monoisotopic (exact) mass is 322 g/mol. The Hall–Kier alpha value is -0.980. The van der Waals surface area contributed by atoms with E-state index in [9.17, 15) is 4.79 Å². The smallest absolute Gasteiger partial charge is 0.273 e. The SMILES string of the molecule is CC(C1CCN(C(=O)c2cscn2)CC1)N1CCN(C)CC1. The maximum atomic E-state index is 12.3. The molecular weight excluding hydrogens is 296 g/mol. The average Bonchev–Trinajstić information content (AvgIpc) is 3.09. The van der Waals surface area contributed by atoms with Gasteiger partial charge in [-0.05, 0) is 32.7 Å². The molecule has 0 N–H and O–H groups in total. The van der Waals surface area contributed by atoms with E-state index < -0.39 is 0 Å². The largest absolute Gasteiger partial charge is 0.337 e. The third-order valence-electron chi connectivity index (χ3n) is 5.27. The minimum atomic E-state index is 0.104. The van der Waals surface area contributed by atoms with Crippen LogP contribution in [0.25, 0.3) is 0 Å². The fourth-order valence-corrected chi connectivity index (χ4v) is 4.12. The van der Waals surface area contributed by atoms with Gasteiger partial charge in [-0.15, -0.1) is 11.3 Å². The van der Waals surface area contributed by atoms with Crippen LogP contribution in [0.5, 0.6) is 0 Å². The number of carbonyl (C=O) groups excluding carboxylic acids is 1. The van der Waals surface area contributed by atoms with E-state index >= 15 is 0 Å². The zero-order chi connectivity index (χ0) is 15.5. The van der Waals surface area contributed by atoms with Crippen LogP contribution in [-0.4, -0.2) is 77.9 Å². The predicted molar refractivity (Wildman–Crippen MR) is 89.3 cm³/mol. The second kappa shape index (κ2) is 7.06. The van der Waals surface area contributed by atoms with Gasteiger partial charge in [0, 0.05) is 50.7 Å². The van der Waals surface area contributed by atoms with Crippen LogP contribution < -0.4 is 0 Å². The number of rotatable bonds is 3. The highest BCUT2D eigenvalue weighted by molar-refractivity contribution is 7.07. The molecule has 2 fully saturated rings. The Bertz CT molecular complexity index is 476. The lowest BCUT2D eigenvalue weighted by Crippen LogP contribution is -2.52. The average molecular weight is 322 g/mol. The number of amides is 1. The van der Waals surface area contributed by atoms with Gasteiger partial charge in [0.25, 0.3) is 5.91 Å². The van der Waals surface area contributed by atoms with Crippen molar-refractivity contribution in [1.82, 2.24) is 19.7 Å². The van der Waals surface area contributed by atoms with Crippen molar-refractivity contribution in [2.75, 3.05) is 46.3 Å². The molecule has 22 heavy (non-hydrogen) atoms. The molecule has 5 nitrogen and oxygen atoms in total. The van der Waals surface area contributed by atoms with Crippen LogP contribution in [0.4, 0.5) is 0 Å². The topological polar surface area (TPSA) is 39.7 Å². The number of hydrogen-bond acceptors (Lipinski definition) is 5. The van der Waals surface area contributed by atoms with Crippen LogP contribution in [-0.2, 0) is 0 Å². The fourth-order valence-electron chi connectivity index (χ4n) is 3.59. The maximum absolute atomic E-state index is 12.3. The zero-order valence-corrected chi connectivity index (χ0v) is 14.4. The van der Waals surface area contributed by atoms with Crippen molar-refractivity contribution in [3.63, 3.8) is 0 Å². The molecule has 3 heterocycles. The van der Waals surface area contributed by atoms with Gasteiger partial charge in [0.05, 0.1) is 5.51 Å². The van der Waals surface area contributed by atoms with Gasteiger partial charge in [-0.3, -0.25) is 9.69 Å². The Kier molecular flexibility index (Phi) is 5.10. The Balaban J connectivity index is 1.50. The van der Waals surface area contributed by atoms with Crippen LogP contribution in [0.1, 0.15) is 30.3 Å². The highest BCUT2D eigenvalue weighted by Crippen LogP contribution is 2.25. The van der Waals surface area contributed by atoms with Crippen molar-refractivity contribution in [1.29, 1.82) is 0 Å². The standard InChI is InChI=1S/C16H26N4OS/c1-13(19-9-7-18(2)8-10-19)14-3-5-20(6-4-14)16(21)15-11-22-12-17-15/h11-14H,3-10H2,1-2H3. The molecule has 0 bridgehead atoms. The van der Waals surface area contributed by atoms with Crippen molar-refractivity contribution < 1.29 is 4.79 Å². The molecule has 1 aromatic heterocycles. The molecule has 122 valence electrons. The van der Waals surface area contributed by atoms with Crippen LogP contribution in [0.15, 0.2) is 10.9 Å². The van der Waals surface area contributed by atoms with E-state index in [4.69, 9.17) is 0 Å². The van der Waals surface area contributed by atoms with Gasteiger partial charge >= 0.3 is 0 Å². The van der Waals surface area contributed by atoms with Crippen molar-refractivity contribution in [3.8, 4) is 0 Å². The summed E-state index contributed by atoms with van der Waals surface area (Å²) in [6, 6.07) is 0.630. The molecule has 2 aliphatic heterocycles. The minimum Gasteiger partial charge on any atom is -0.337 e. The van der Waals surface area contributed by atoms with Gasteiger partial charge in [-0.2, -0.15) is 0 Å². The van der Waals surface area contributed by atoms with Crippen LogP contribution in [0.2, 0.25) is 0 Å². The third-order valence-corrected chi connectivity index (χ3v) is 5.86. The first-order valence-electron chi connectivity index (χ1n) is 8.25. The number of nitrogens with zero attached hydrogens (tertiary/aromatic N) is 4. The third kappa shape index (κ3) is 3.50. The number of piperidine rings is 1. The van der Waals surface area contributed by atoms with Crippen molar-refractivity contribution in [2.24, 2.45) is 5.92 Å². The van der Waals surface area contributed by atoms with E-state index in [1.807, 2.05) is 10.3 Å². The van der Waals surface area contributed by atoms with E-state index in [1.165, 1.54) is 37.5 Å². The van der Waals surface area contributed by atoms with Crippen LogP contribution >= 0.6 is 11.3 Å². The number of likely N-dealkylation sites (tertiary alicyclic amines) is 1. The summed E-state index contributed by atoms with van der Waals surface area (Å²) in [5.41, 5.74) is 2.34. The van der Waals surface area contributed by atoms with E-state index in [1.54, 1.807) is 5.51 Å². The summed E-state index contributed by atoms with van der Waals surface area (Å²) in [5, 5.41) is 1.85. The normalized spacial score (nSPS) is 23.6. The number of aromatic nitrogens is 1. The summed E-state index contributed by atoms with van der Waals surface area (Å²) < 4.78 is 0. The number of piperazine rings is 1. The second-order valence-electron chi connectivity index (χ2n) is 6.58. The zero-order valence-electron chi connectivity index (χ0n) is 13.6. The first-order chi connectivity index (χ1) is 10.6. The van der Waals surface area contributed by atoms with Crippen molar-refractivity contribution >= 4 is 17.2 Å². The van der Waals surface area contributed by atoms with Crippen molar-refractivity contribution in [3.05, 3.63) is 16.6 Å². The van der Waals surface area contributed by atoms with E-state index in [0.29, 0.717) is 17.7 Å². The van der Waals surface area contributed by atoms with Gasteiger partial charge in [0.15, 0.2) is 0 Å². The highest BCUT2D eigenvalue weighted by Gasteiger charge is 2.31. The molecule has 2 saturated heterocycles. The molecular formula is C16H26N4OS. The molecule has 0 radical (unpaired) electrons. The van der Waals surface area contributed by atoms with Gasteiger partial charge in [-0.25, -0.2) is 4.98 Å². The molecule has 1 aromatic rings. The summed E-state index contributed by atoms with van der Waals surface area (Å²) in [4.78, 5) is 23.5. The minimum absolute atomic E-state index is 0.104. The number of likely N-dealkylation sites (N-methyl/N-ethyl adjacent to an activating group) is 1. The number of hydrogen-bond donors (Lipinski definition) is 0. The van der Waals surface area contributed by atoms with Gasteiger partial charge < -0.3 is 9.80 Å². The Labute approximate surface area is 136 Å².